The van der Waals surface area contributed by atoms with E-state index in [0.29, 0.717) is 5.91 Å². The molecule has 90 valence electrons. The summed E-state index contributed by atoms with van der Waals surface area (Å²) >= 11 is 0. The van der Waals surface area contributed by atoms with Crippen molar-refractivity contribution in [3.63, 3.8) is 0 Å². The molecule has 4 nitrogen and oxygen atoms in total. The second-order valence-electron chi connectivity index (χ2n) is 6.13. The van der Waals surface area contributed by atoms with Crippen molar-refractivity contribution in [2.45, 2.75) is 25.3 Å². The zero-order chi connectivity index (χ0) is 11.0. The lowest BCUT2D eigenvalue weighted by Gasteiger charge is -2.43. The molecule has 0 amide bonds. The van der Waals surface area contributed by atoms with E-state index in [1.54, 1.807) is 0 Å². The summed E-state index contributed by atoms with van der Waals surface area (Å²) in [6, 6.07) is 0.806. The molecular weight excluding hydrogens is 200 g/mol. The molecule has 4 aliphatic rings. The third kappa shape index (κ3) is 0.787. The van der Waals surface area contributed by atoms with Crippen molar-refractivity contribution >= 4 is 0 Å². The Morgan fingerprint density at radius 1 is 1.12 bits per heavy atom. The van der Waals surface area contributed by atoms with Crippen LogP contribution in [-0.2, 0) is 0 Å². The summed E-state index contributed by atoms with van der Waals surface area (Å²) in [5.74, 6) is 0.292. The van der Waals surface area contributed by atoms with Gasteiger partial charge in [-0.2, -0.15) is 0 Å². The van der Waals surface area contributed by atoms with E-state index in [0.717, 1.165) is 6.04 Å². The largest absolute Gasteiger partial charge is 0.280 e. The molecule has 0 aromatic heterocycles. The molecular formula is C12H23N4+. The summed E-state index contributed by atoms with van der Waals surface area (Å²) in [5, 5.41) is 0. The maximum absolute atomic E-state index is 2.83. The fourth-order valence-corrected chi connectivity index (χ4v) is 4.93. The molecule has 4 fully saturated rings. The van der Waals surface area contributed by atoms with Crippen LogP contribution < -0.4 is 0 Å². The SMILES string of the molecule is CCC1CN2CCN3CC[N@+]4(C)CCN1C324. The smallest absolute Gasteiger partial charge is 0.279 e. The molecule has 0 aliphatic carbocycles. The normalized spacial score (nSPS) is 52.5. The molecule has 4 aliphatic heterocycles. The highest BCUT2D eigenvalue weighted by atomic mass is 15.9. The van der Waals surface area contributed by atoms with Gasteiger partial charge in [-0.1, -0.05) is 6.92 Å². The van der Waals surface area contributed by atoms with Gasteiger partial charge in [-0.3, -0.25) is 4.48 Å². The highest BCUT2D eigenvalue weighted by molar-refractivity contribution is 5.05. The van der Waals surface area contributed by atoms with Crippen LogP contribution in [0.4, 0.5) is 0 Å². The molecule has 4 heteroatoms. The van der Waals surface area contributed by atoms with Gasteiger partial charge in [-0.05, 0) is 6.42 Å². The zero-order valence-electron chi connectivity index (χ0n) is 10.5. The first kappa shape index (κ1) is 9.83. The van der Waals surface area contributed by atoms with Crippen LogP contribution in [0, 0.1) is 0 Å². The van der Waals surface area contributed by atoms with E-state index in [4.69, 9.17) is 0 Å². The van der Waals surface area contributed by atoms with Crippen LogP contribution in [0.15, 0.2) is 0 Å². The maximum Gasteiger partial charge on any atom is 0.280 e. The molecule has 0 aromatic carbocycles. The van der Waals surface area contributed by atoms with E-state index >= 15 is 0 Å². The highest BCUT2D eigenvalue weighted by Crippen LogP contribution is 2.50. The van der Waals surface area contributed by atoms with Crippen molar-refractivity contribution in [1.29, 1.82) is 0 Å². The first-order valence-electron chi connectivity index (χ1n) is 6.84. The monoisotopic (exact) mass is 223 g/mol. The topological polar surface area (TPSA) is 9.72 Å². The second kappa shape index (κ2) is 2.80. The molecule has 4 saturated heterocycles. The van der Waals surface area contributed by atoms with Gasteiger partial charge in [0.05, 0.1) is 33.2 Å². The number of nitrogens with zero attached hydrogens (tertiary/aromatic N) is 4. The molecule has 3 atom stereocenters. The Morgan fingerprint density at radius 2 is 1.88 bits per heavy atom. The molecule has 2 unspecified atom stereocenters. The summed E-state index contributed by atoms with van der Waals surface area (Å²) in [5.41, 5.74) is 0. The number of hydrogen-bond acceptors (Lipinski definition) is 3. The van der Waals surface area contributed by atoms with Crippen LogP contribution in [0.25, 0.3) is 0 Å². The summed E-state index contributed by atoms with van der Waals surface area (Å²) in [6.45, 7) is 11.6. The summed E-state index contributed by atoms with van der Waals surface area (Å²) in [7, 11) is 2.48. The molecule has 0 saturated carbocycles. The van der Waals surface area contributed by atoms with E-state index in [1.807, 2.05) is 0 Å². The Bertz CT molecular complexity index is 333. The first-order valence-corrected chi connectivity index (χ1v) is 6.84. The minimum absolute atomic E-state index is 0.292. The Labute approximate surface area is 98.0 Å². The van der Waals surface area contributed by atoms with Crippen molar-refractivity contribution < 1.29 is 4.48 Å². The van der Waals surface area contributed by atoms with Gasteiger partial charge in [0.25, 0.3) is 5.91 Å². The number of rotatable bonds is 1. The van der Waals surface area contributed by atoms with Gasteiger partial charge in [0.2, 0.25) is 0 Å². The van der Waals surface area contributed by atoms with Crippen molar-refractivity contribution in [3.05, 3.63) is 0 Å². The molecule has 0 radical (unpaired) electrons. The second-order valence-corrected chi connectivity index (χ2v) is 6.13. The van der Waals surface area contributed by atoms with Gasteiger partial charge in [0.15, 0.2) is 0 Å². The number of likely N-dealkylation sites (N-methyl/N-ethyl adjacent to an activating group) is 1. The third-order valence-electron chi connectivity index (χ3n) is 5.64. The van der Waals surface area contributed by atoms with E-state index in [9.17, 15) is 0 Å². The number of quaternary nitrogens is 1. The van der Waals surface area contributed by atoms with Crippen LogP contribution in [0.5, 0.6) is 0 Å². The van der Waals surface area contributed by atoms with Crippen LogP contribution >= 0.6 is 0 Å². The predicted octanol–water partition coefficient (Wildman–Crippen LogP) is -0.217. The average molecular weight is 223 g/mol. The zero-order valence-corrected chi connectivity index (χ0v) is 10.5. The minimum Gasteiger partial charge on any atom is -0.279 e. The van der Waals surface area contributed by atoms with Crippen LogP contribution in [0.2, 0.25) is 0 Å². The summed E-state index contributed by atoms with van der Waals surface area (Å²) < 4.78 is 1.27. The van der Waals surface area contributed by atoms with Crippen LogP contribution in [0.1, 0.15) is 13.3 Å². The minimum atomic E-state index is 0.292. The summed E-state index contributed by atoms with van der Waals surface area (Å²) in [6.07, 6.45) is 1.31. The lowest BCUT2D eigenvalue weighted by atomic mass is 10.2. The quantitative estimate of drug-likeness (QED) is 0.569. The Kier molecular flexibility index (Phi) is 1.72. The fourth-order valence-electron chi connectivity index (χ4n) is 4.93. The van der Waals surface area contributed by atoms with E-state index in [2.05, 4.69) is 28.7 Å². The van der Waals surface area contributed by atoms with Crippen LogP contribution in [0.3, 0.4) is 0 Å². The van der Waals surface area contributed by atoms with Gasteiger partial charge in [-0.15, -0.1) is 0 Å². The molecule has 0 N–H and O–H groups in total. The lowest BCUT2D eigenvalue weighted by molar-refractivity contribution is -0.957. The third-order valence-corrected chi connectivity index (χ3v) is 5.64. The molecule has 4 rings (SSSR count). The Hall–Kier alpha value is -0.160. The summed E-state index contributed by atoms with van der Waals surface area (Å²) in [4.78, 5) is 8.36. The molecule has 0 aromatic rings. The molecule has 16 heavy (non-hydrogen) atoms. The average Bonchev–Trinajstić information content (AvgIpc) is 2.89. The number of hydrogen-bond donors (Lipinski definition) is 0. The molecule has 4 heterocycles. The van der Waals surface area contributed by atoms with Gasteiger partial charge in [0.1, 0.15) is 0 Å². The van der Waals surface area contributed by atoms with E-state index in [1.165, 1.54) is 56.7 Å². The van der Waals surface area contributed by atoms with Crippen molar-refractivity contribution in [2.24, 2.45) is 0 Å². The van der Waals surface area contributed by atoms with E-state index < -0.39 is 0 Å². The fraction of sp³-hybridized carbons (Fsp3) is 1.00. The van der Waals surface area contributed by atoms with Gasteiger partial charge < -0.3 is 0 Å². The van der Waals surface area contributed by atoms with Crippen molar-refractivity contribution in [1.82, 2.24) is 14.7 Å². The maximum atomic E-state index is 2.83. The van der Waals surface area contributed by atoms with Gasteiger partial charge >= 0.3 is 0 Å². The lowest BCUT2D eigenvalue weighted by Crippen LogP contribution is -2.67. The van der Waals surface area contributed by atoms with E-state index in [-0.39, 0.29) is 0 Å². The van der Waals surface area contributed by atoms with Crippen molar-refractivity contribution in [3.8, 4) is 0 Å². The Morgan fingerprint density at radius 3 is 2.69 bits per heavy atom. The van der Waals surface area contributed by atoms with Gasteiger partial charge in [0, 0.05) is 25.7 Å². The highest BCUT2D eigenvalue weighted by Gasteiger charge is 2.74. The first-order chi connectivity index (χ1) is 7.72. The van der Waals surface area contributed by atoms with Gasteiger partial charge in [-0.25, -0.2) is 14.7 Å². The molecule has 0 bridgehead atoms. The predicted molar refractivity (Wildman–Crippen MR) is 62.6 cm³/mol. The van der Waals surface area contributed by atoms with Crippen LogP contribution in [-0.4, -0.2) is 84.0 Å². The Balaban J connectivity index is 1.85. The molecule has 1 spiro atoms. The van der Waals surface area contributed by atoms with Crippen molar-refractivity contribution in [2.75, 3.05) is 52.9 Å². The standard InChI is InChI=1S/C12H23N4/c1-3-11-10-14-5-4-13-6-8-16(2)9-7-15(11)12(13,14)16/h11H,3-10H2,1-2H3/q+1/t11?,12?,16-/m1/s1.